The molecule has 0 saturated heterocycles. The Morgan fingerprint density at radius 1 is 1.33 bits per heavy atom. The van der Waals surface area contributed by atoms with Gasteiger partial charge in [-0.15, -0.1) is 11.8 Å². The molecule has 1 aliphatic rings. The zero-order chi connectivity index (χ0) is 10.7. The van der Waals surface area contributed by atoms with E-state index >= 15 is 0 Å². The minimum atomic E-state index is 0.824. The third-order valence-electron chi connectivity index (χ3n) is 2.73. The highest BCUT2D eigenvalue weighted by Crippen LogP contribution is 2.37. The van der Waals surface area contributed by atoms with Gasteiger partial charge in [-0.1, -0.05) is 12.8 Å². The van der Waals surface area contributed by atoms with Crippen molar-refractivity contribution in [3.63, 3.8) is 0 Å². The van der Waals surface area contributed by atoms with Crippen molar-refractivity contribution >= 4 is 27.7 Å². The molecule has 0 bridgehead atoms. The fourth-order valence-corrected chi connectivity index (χ4v) is 3.90. The molecule has 15 heavy (non-hydrogen) atoms. The van der Waals surface area contributed by atoms with Crippen LogP contribution in [0, 0.1) is 0 Å². The first-order valence-corrected chi connectivity index (χ1v) is 6.97. The van der Waals surface area contributed by atoms with Gasteiger partial charge < -0.3 is 4.74 Å². The molecule has 0 aliphatic heterocycles. The Morgan fingerprint density at radius 2 is 2.07 bits per heavy atom. The molecule has 1 saturated carbocycles. The molecule has 2 rings (SSSR count). The summed E-state index contributed by atoms with van der Waals surface area (Å²) >= 11 is 5.52. The Bertz CT molecular complexity index is 334. The van der Waals surface area contributed by atoms with Crippen molar-refractivity contribution in [1.82, 2.24) is 0 Å². The molecule has 1 aliphatic carbocycles. The Hall–Kier alpha value is -0.150. The molecule has 1 aromatic carbocycles. The number of ether oxygens (including phenoxy) is 1. The number of hydrogen-bond acceptors (Lipinski definition) is 2. The fraction of sp³-hybridized carbons (Fsp3) is 0.500. The second kappa shape index (κ2) is 5.26. The Labute approximate surface area is 104 Å². The molecule has 1 nitrogen and oxygen atoms in total. The second-order valence-electron chi connectivity index (χ2n) is 3.82. The lowest BCUT2D eigenvalue weighted by Crippen LogP contribution is -1.93. The van der Waals surface area contributed by atoms with Gasteiger partial charge in [0.15, 0.2) is 0 Å². The Morgan fingerprint density at radius 3 is 2.67 bits per heavy atom. The zero-order valence-electron chi connectivity index (χ0n) is 8.83. The molecule has 0 atom stereocenters. The van der Waals surface area contributed by atoms with Crippen molar-refractivity contribution in [2.45, 2.75) is 35.8 Å². The Balaban J connectivity index is 2.05. The van der Waals surface area contributed by atoms with Crippen LogP contribution in [0.25, 0.3) is 0 Å². The van der Waals surface area contributed by atoms with Crippen molar-refractivity contribution < 1.29 is 4.74 Å². The molecule has 0 radical (unpaired) electrons. The average Bonchev–Trinajstić information content (AvgIpc) is 2.71. The fourth-order valence-electron chi connectivity index (χ4n) is 1.92. The highest BCUT2D eigenvalue weighted by molar-refractivity contribution is 9.10. The monoisotopic (exact) mass is 286 g/mol. The van der Waals surface area contributed by atoms with Crippen molar-refractivity contribution in [1.29, 1.82) is 0 Å². The summed E-state index contributed by atoms with van der Waals surface area (Å²) in [5, 5.41) is 0.824. The summed E-state index contributed by atoms with van der Waals surface area (Å²) in [5.74, 6) is 0.908. The summed E-state index contributed by atoms with van der Waals surface area (Å²) in [6.45, 7) is 0. The van der Waals surface area contributed by atoms with Gasteiger partial charge in [-0.2, -0.15) is 0 Å². The predicted molar refractivity (Wildman–Crippen MR) is 68.8 cm³/mol. The normalized spacial score (nSPS) is 16.9. The number of thioether (sulfide) groups is 1. The molecule has 1 fully saturated rings. The van der Waals surface area contributed by atoms with E-state index in [1.54, 1.807) is 7.11 Å². The van der Waals surface area contributed by atoms with Crippen LogP contribution in [0.1, 0.15) is 25.7 Å². The van der Waals surface area contributed by atoms with Crippen molar-refractivity contribution in [3.8, 4) is 5.75 Å². The smallest absolute Gasteiger partial charge is 0.133 e. The average molecular weight is 287 g/mol. The van der Waals surface area contributed by atoms with E-state index in [0.29, 0.717) is 0 Å². The van der Waals surface area contributed by atoms with Crippen LogP contribution < -0.4 is 4.74 Å². The molecular formula is C12H15BrOS. The number of methoxy groups -OCH3 is 1. The standard InChI is InChI=1S/C12H15BrOS/c1-14-12-7-6-10(8-11(12)13)15-9-4-2-3-5-9/h6-9H,2-5H2,1H3. The van der Waals surface area contributed by atoms with E-state index in [-0.39, 0.29) is 0 Å². The minimum Gasteiger partial charge on any atom is -0.496 e. The van der Waals surface area contributed by atoms with Crippen molar-refractivity contribution in [2.75, 3.05) is 7.11 Å². The molecule has 1 aromatic rings. The third-order valence-corrected chi connectivity index (χ3v) is 4.68. The van der Waals surface area contributed by atoms with Gasteiger partial charge in [0.05, 0.1) is 11.6 Å². The van der Waals surface area contributed by atoms with Crippen LogP contribution in [-0.4, -0.2) is 12.4 Å². The molecule has 0 heterocycles. The van der Waals surface area contributed by atoms with Crippen LogP contribution >= 0.6 is 27.7 Å². The van der Waals surface area contributed by atoms with Crippen LogP contribution in [0.5, 0.6) is 5.75 Å². The van der Waals surface area contributed by atoms with Gasteiger partial charge in [-0.05, 0) is 47.0 Å². The quantitative estimate of drug-likeness (QED) is 0.810. The summed E-state index contributed by atoms with van der Waals surface area (Å²) in [7, 11) is 1.70. The maximum absolute atomic E-state index is 5.21. The molecule has 3 heteroatoms. The molecule has 0 N–H and O–H groups in total. The first-order valence-electron chi connectivity index (χ1n) is 5.30. The SMILES string of the molecule is COc1ccc(SC2CCCC2)cc1Br. The number of rotatable bonds is 3. The van der Waals surface area contributed by atoms with Crippen LogP contribution in [-0.2, 0) is 0 Å². The van der Waals surface area contributed by atoms with Crippen molar-refractivity contribution in [3.05, 3.63) is 22.7 Å². The van der Waals surface area contributed by atoms with Gasteiger partial charge in [-0.3, -0.25) is 0 Å². The maximum Gasteiger partial charge on any atom is 0.133 e. The van der Waals surface area contributed by atoms with Crippen molar-refractivity contribution in [2.24, 2.45) is 0 Å². The van der Waals surface area contributed by atoms with Crippen LogP contribution in [0.4, 0.5) is 0 Å². The molecule has 0 amide bonds. The summed E-state index contributed by atoms with van der Waals surface area (Å²) in [4.78, 5) is 1.34. The van der Waals surface area contributed by atoms with E-state index in [2.05, 4.69) is 28.1 Å². The summed E-state index contributed by atoms with van der Waals surface area (Å²) in [6.07, 6.45) is 5.53. The molecule has 0 unspecified atom stereocenters. The first-order chi connectivity index (χ1) is 7.29. The first kappa shape index (κ1) is 11.3. The summed E-state index contributed by atoms with van der Waals surface area (Å²) in [5.41, 5.74) is 0. The van der Waals surface area contributed by atoms with E-state index < -0.39 is 0 Å². The largest absolute Gasteiger partial charge is 0.496 e. The van der Waals surface area contributed by atoms with E-state index in [4.69, 9.17) is 4.74 Å². The molecule has 0 aromatic heterocycles. The highest BCUT2D eigenvalue weighted by atomic mass is 79.9. The minimum absolute atomic E-state index is 0.824. The van der Waals surface area contributed by atoms with Crippen LogP contribution in [0.3, 0.4) is 0 Å². The molecule has 0 spiro atoms. The number of halogens is 1. The highest BCUT2D eigenvalue weighted by Gasteiger charge is 2.16. The number of hydrogen-bond donors (Lipinski definition) is 0. The summed E-state index contributed by atoms with van der Waals surface area (Å²) < 4.78 is 6.26. The lowest BCUT2D eigenvalue weighted by Gasteiger charge is -2.10. The van der Waals surface area contributed by atoms with E-state index in [1.165, 1.54) is 30.6 Å². The molecule has 82 valence electrons. The van der Waals surface area contributed by atoms with Gasteiger partial charge in [0.2, 0.25) is 0 Å². The molecular weight excluding hydrogens is 272 g/mol. The summed E-state index contributed by atoms with van der Waals surface area (Å²) in [6, 6.07) is 6.33. The van der Waals surface area contributed by atoms with Gasteiger partial charge >= 0.3 is 0 Å². The van der Waals surface area contributed by atoms with Gasteiger partial charge in [-0.25, -0.2) is 0 Å². The zero-order valence-corrected chi connectivity index (χ0v) is 11.2. The van der Waals surface area contributed by atoms with Crippen LogP contribution in [0.15, 0.2) is 27.6 Å². The van der Waals surface area contributed by atoms with Crippen LogP contribution in [0.2, 0.25) is 0 Å². The van der Waals surface area contributed by atoms with E-state index in [9.17, 15) is 0 Å². The topological polar surface area (TPSA) is 9.23 Å². The Kier molecular flexibility index (Phi) is 3.98. The van der Waals surface area contributed by atoms with Gasteiger partial charge in [0.1, 0.15) is 5.75 Å². The third kappa shape index (κ3) is 2.91. The lowest BCUT2D eigenvalue weighted by molar-refractivity contribution is 0.412. The number of benzene rings is 1. The lowest BCUT2D eigenvalue weighted by atomic mass is 10.3. The predicted octanol–water partition coefficient (Wildman–Crippen LogP) is 4.49. The van der Waals surface area contributed by atoms with Gasteiger partial charge in [0.25, 0.3) is 0 Å². The van der Waals surface area contributed by atoms with E-state index in [0.717, 1.165) is 15.5 Å². The van der Waals surface area contributed by atoms with Gasteiger partial charge in [0, 0.05) is 10.1 Å². The second-order valence-corrected chi connectivity index (χ2v) is 6.05. The van der Waals surface area contributed by atoms with E-state index in [1.807, 2.05) is 17.8 Å². The maximum atomic E-state index is 5.21.